The first kappa shape index (κ1) is 17.0. The van der Waals surface area contributed by atoms with Crippen LogP contribution in [0.25, 0.3) is 22.3 Å². The van der Waals surface area contributed by atoms with Crippen LogP contribution in [0.3, 0.4) is 0 Å². The number of hydrogen-bond donors (Lipinski definition) is 0. The summed E-state index contributed by atoms with van der Waals surface area (Å²) in [6.45, 7) is 11.0. The Hall–Kier alpha value is -2.85. The van der Waals surface area contributed by atoms with Crippen LogP contribution in [-0.4, -0.2) is 0 Å². The maximum atomic E-state index is 8.98. The van der Waals surface area contributed by atoms with E-state index in [1.54, 1.807) is 0 Å². The molecule has 3 aromatic rings. The molecule has 1 nitrogen and oxygen atoms in total. The summed E-state index contributed by atoms with van der Waals surface area (Å²) < 4.78 is 0. The van der Waals surface area contributed by atoms with Crippen LogP contribution in [0.15, 0.2) is 48.5 Å². The summed E-state index contributed by atoms with van der Waals surface area (Å²) in [6, 6.07) is 18.9. The van der Waals surface area contributed by atoms with Crippen molar-refractivity contribution in [2.24, 2.45) is 0 Å². The number of nitriles is 1. The molecule has 0 unspecified atom stereocenters. The molecule has 0 saturated carbocycles. The Bertz CT molecular complexity index is 986. The Labute approximate surface area is 150 Å². The molecule has 0 aliphatic rings. The second-order valence-electron chi connectivity index (χ2n) is 6.78. The van der Waals surface area contributed by atoms with Gasteiger partial charge in [-0.3, -0.25) is 0 Å². The quantitative estimate of drug-likeness (QED) is 0.532. The van der Waals surface area contributed by atoms with E-state index in [2.05, 4.69) is 65.0 Å². The van der Waals surface area contributed by atoms with Crippen molar-refractivity contribution in [1.29, 1.82) is 5.26 Å². The predicted molar refractivity (Wildman–Crippen MR) is 106 cm³/mol. The van der Waals surface area contributed by atoms with Crippen molar-refractivity contribution in [1.82, 2.24) is 0 Å². The van der Waals surface area contributed by atoms with Gasteiger partial charge in [-0.2, -0.15) is 5.26 Å². The van der Waals surface area contributed by atoms with E-state index in [-0.39, 0.29) is 0 Å². The van der Waals surface area contributed by atoms with Crippen LogP contribution in [0.2, 0.25) is 0 Å². The molecule has 0 fully saturated rings. The van der Waals surface area contributed by atoms with Gasteiger partial charge < -0.3 is 0 Å². The first-order chi connectivity index (χ1) is 11.9. The van der Waals surface area contributed by atoms with Gasteiger partial charge in [0.2, 0.25) is 0 Å². The Morgan fingerprint density at radius 1 is 0.560 bits per heavy atom. The lowest BCUT2D eigenvalue weighted by Gasteiger charge is -2.17. The largest absolute Gasteiger partial charge is 0.192 e. The highest BCUT2D eigenvalue weighted by Gasteiger charge is 2.12. The standard InChI is InChI=1S/C24H23N/c1-15-6-11-23(17(3)16(15)2)24-13-12-22(18(4)19(24)5)21-9-7-20(14-25)8-10-21/h6-13H,1-5H3. The molecule has 0 N–H and O–H groups in total. The molecule has 25 heavy (non-hydrogen) atoms. The third-order valence-corrected chi connectivity index (χ3v) is 5.46. The predicted octanol–water partition coefficient (Wildman–Crippen LogP) is 6.43. The van der Waals surface area contributed by atoms with Gasteiger partial charge in [0.05, 0.1) is 11.6 Å². The number of hydrogen-bond acceptors (Lipinski definition) is 1. The highest BCUT2D eigenvalue weighted by atomic mass is 14.2. The average molecular weight is 325 g/mol. The lowest BCUT2D eigenvalue weighted by atomic mass is 9.87. The van der Waals surface area contributed by atoms with Gasteiger partial charge >= 0.3 is 0 Å². The fourth-order valence-electron chi connectivity index (χ4n) is 3.40. The molecule has 124 valence electrons. The first-order valence-electron chi connectivity index (χ1n) is 8.62. The van der Waals surface area contributed by atoms with Crippen LogP contribution in [-0.2, 0) is 0 Å². The van der Waals surface area contributed by atoms with Gasteiger partial charge in [0, 0.05) is 0 Å². The number of rotatable bonds is 2. The van der Waals surface area contributed by atoms with Gasteiger partial charge in [0.25, 0.3) is 0 Å². The summed E-state index contributed by atoms with van der Waals surface area (Å²) in [4.78, 5) is 0. The summed E-state index contributed by atoms with van der Waals surface area (Å²) >= 11 is 0. The third-order valence-electron chi connectivity index (χ3n) is 5.46. The molecule has 3 aromatic carbocycles. The van der Waals surface area contributed by atoms with E-state index in [0.29, 0.717) is 5.56 Å². The maximum Gasteiger partial charge on any atom is 0.0991 e. The maximum absolute atomic E-state index is 8.98. The van der Waals surface area contributed by atoms with Crippen molar-refractivity contribution >= 4 is 0 Å². The molecule has 0 radical (unpaired) electrons. The van der Waals surface area contributed by atoms with E-state index in [4.69, 9.17) is 5.26 Å². The molecule has 0 aliphatic heterocycles. The molecule has 1 heteroatoms. The van der Waals surface area contributed by atoms with Crippen LogP contribution < -0.4 is 0 Å². The molecule has 0 spiro atoms. The molecular weight excluding hydrogens is 302 g/mol. The highest BCUT2D eigenvalue weighted by Crippen LogP contribution is 2.35. The van der Waals surface area contributed by atoms with Crippen LogP contribution in [0.5, 0.6) is 0 Å². The van der Waals surface area contributed by atoms with Gasteiger partial charge in [-0.05, 0) is 96.8 Å². The average Bonchev–Trinajstić information content (AvgIpc) is 2.63. The zero-order valence-electron chi connectivity index (χ0n) is 15.6. The minimum absolute atomic E-state index is 0.695. The topological polar surface area (TPSA) is 23.8 Å². The Morgan fingerprint density at radius 3 is 1.64 bits per heavy atom. The van der Waals surface area contributed by atoms with E-state index < -0.39 is 0 Å². The normalized spacial score (nSPS) is 10.6. The number of benzene rings is 3. The molecule has 3 rings (SSSR count). The van der Waals surface area contributed by atoms with E-state index in [1.807, 2.05) is 24.3 Å². The monoisotopic (exact) mass is 325 g/mol. The zero-order chi connectivity index (χ0) is 18.1. The van der Waals surface area contributed by atoms with Crippen LogP contribution in [0, 0.1) is 45.9 Å². The summed E-state index contributed by atoms with van der Waals surface area (Å²) in [5.41, 5.74) is 12.4. The van der Waals surface area contributed by atoms with Gasteiger partial charge in [-0.25, -0.2) is 0 Å². The van der Waals surface area contributed by atoms with Crippen LogP contribution in [0.4, 0.5) is 0 Å². The second-order valence-corrected chi connectivity index (χ2v) is 6.78. The van der Waals surface area contributed by atoms with Gasteiger partial charge in [-0.1, -0.05) is 36.4 Å². The van der Waals surface area contributed by atoms with Crippen molar-refractivity contribution in [2.45, 2.75) is 34.6 Å². The minimum atomic E-state index is 0.695. The minimum Gasteiger partial charge on any atom is -0.192 e. The Morgan fingerprint density at radius 2 is 1.04 bits per heavy atom. The third kappa shape index (κ3) is 2.96. The van der Waals surface area contributed by atoms with E-state index in [1.165, 1.54) is 44.5 Å². The molecule has 0 amide bonds. The van der Waals surface area contributed by atoms with E-state index in [9.17, 15) is 0 Å². The summed E-state index contributed by atoms with van der Waals surface area (Å²) in [6.07, 6.45) is 0. The lowest BCUT2D eigenvalue weighted by Crippen LogP contribution is -1.96. The molecule has 0 heterocycles. The Balaban J connectivity index is 2.13. The molecule has 0 saturated heterocycles. The summed E-state index contributed by atoms with van der Waals surface area (Å²) in [7, 11) is 0. The molecule has 0 aliphatic carbocycles. The Kier molecular flexibility index (Phi) is 4.47. The molecular formula is C24H23N. The SMILES string of the molecule is Cc1ccc(-c2ccc(-c3ccc(C#N)cc3)c(C)c2C)c(C)c1C. The number of aryl methyl sites for hydroxylation is 1. The van der Waals surface area contributed by atoms with Gasteiger partial charge in [-0.15, -0.1) is 0 Å². The van der Waals surface area contributed by atoms with E-state index >= 15 is 0 Å². The van der Waals surface area contributed by atoms with Crippen molar-refractivity contribution in [2.75, 3.05) is 0 Å². The van der Waals surface area contributed by atoms with Crippen LogP contribution >= 0.6 is 0 Å². The van der Waals surface area contributed by atoms with Crippen molar-refractivity contribution in [3.8, 4) is 28.3 Å². The first-order valence-corrected chi connectivity index (χ1v) is 8.62. The van der Waals surface area contributed by atoms with E-state index in [0.717, 1.165) is 5.56 Å². The summed E-state index contributed by atoms with van der Waals surface area (Å²) in [5.74, 6) is 0. The lowest BCUT2D eigenvalue weighted by molar-refractivity contribution is 1.25. The van der Waals surface area contributed by atoms with Crippen molar-refractivity contribution in [3.05, 3.63) is 81.9 Å². The fraction of sp³-hybridized carbons (Fsp3) is 0.208. The molecule has 0 atom stereocenters. The van der Waals surface area contributed by atoms with Crippen molar-refractivity contribution < 1.29 is 0 Å². The van der Waals surface area contributed by atoms with Crippen LogP contribution in [0.1, 0.15) is 33.4 Å². The fourth-order valence-corrected chi connectivity index (χ4v) is 3.40. The highest BCUT2D eigenvalue weighted by molar-refractivity contribution is 5.79. The zero-order valence-corrected chi connectivity index (χ0v) is 15.6. The second kappa shape index (κ2) is 6.57. The van der Waals surface area contributed by atoms with Gasteiger partial charge in [0.1, 0.15) is 0 Å². The summed E-state index contributed by atoms with van der Waals surface area (Å²) in [5, 5.41) is 8.98. The van der Waals surface area contributed by atoms with Crippen molar-refractivity contribution in [3.63, 3.8) is 0 Å². The van der Waals surface area contributed by atoms with Gasteiger partial charge in [0.15, 0.2) is 0 Å². The molecule has 0 aromatic heterocycles. The molecule has 0 bridgehead atoms. The smallest absolute Gasteiger partial charge is 0.0991 e. The number of nitrogens with zero attached hydrogens (tertiary/aromatic N) is 1.